The van der Waals surface area contributed by atoms with E-state index in [1.165, 1.54) is 29.4 Å². The Bertz CT molecular complexity index is 1320. The van der Waals surface area contributed by atoms with Crippen LogP contribution in [0.2, 0.25) is 0 Å². The highest BCUT2D eigenvalue weighted by Gasteiger charge is 2.43. The maximum Gasteiger partial charge on any atom is 0.167 e. The van der Waals surface area contributed by atoms with E-state index >= 15 is 0 Å². The van der Waals surface area contributed by atoms with Gasteiger partial charge in [-0.2, -0.15) is 0 Å². The molecule has 3 aromatic heterocycles. The van der Waals surface area contributed by atoms with Crippen molar-refractivity contribution in [2.45, 2.75) is 24.5 Å². The maximum atomic E-state index is 13.8. The number of benzene rings is 1. The highest BCUT2D eigenvalue weighted by Crippen LogP contribution is 2.32. The van der Waals surface area contributed by atoms with Gasteiger partial charge in [0.15, 0.2) is 23.2 Å². The lowest BCUT2D eigenvalue weighted by Gasteiger charge is -2.16. The molecule has 5 rings (SSSR count). The van der Waals surface area contributed by atoms with Gasteiger partial charge in [-0.1, -0.05) is 24.0 Å². The van der Waals surface area contributed by atoms with Crippen LogP contribution >= 0.6 is 0 Å². The first-order valence-electron chi connectivity index (χ1n) is 9.74. The van der Waals surface area contributed by atoms with Crippen molar-refractivity contribution in [1.82, 2.24) is 24.5 Å². The molecule has 0 unspecified atom stereocenters. The van der Waals surface area contributed by atoms with Gasteiger partial charge < -0.3 is 20.3 Å². The van der Waals surface area contributed by atoms with E-state index < -0.39 is 30.4 Å². The quantitative estimate of drug-likeness (QED) is 0.419. The molecule has 3 N–H and O–H groups in total. The average molecular weight is 432 g/mol. The van der Waals surface area contributed by atoms with Crippen LogP contribution in [-0.2, 0) is 4.74 Å². The molecule has 4 atom stereocenters. The number of anilines is 2. The van der Waals surface area contributed by atoms with Gasteiger partial charge in [0.2, 0.25) is 0 Å². The molecule has 1 saturated heterocycles. The number of fused-ring (bicyclic) bond motifs is 1. The summed E-state index contributed by atoms with van der Waals surface area (Å²) in [5.41, 5.74) is 1.74. The van der Waals surface area contributed by atoms with Crippen LogP contribution in [0.5, 0.6) is 0 Å². The number of ether oxygens (including phenoxy) is 1. The van der Waals surface area contributed by atoms with Gasteiger partial charge in [0, 0.05) is 6.20 Å². The maximum absolute atomic E-state index is 13.8. The second-order valence-electron chi connectivity index (χ2n) is 7.09. The number of halogens is 1. The Hall–Kier alpha value is -3.91. The second-order valence-corrected chi connectivity index (χ2v) is 7.09. The van der Waals surface area contributed by atoms with E-state index in [2.05, 4.69) is 37.1 Å². The van der Waals surface area contributed by atoms with E-state index in [-0.39, 0.29) is 5.56 Å². The fourth-order valence-electron chi connectivity index (χ4n) is 3.42. The van der Waals surface area contributed by atoms with Crippen LogP contribution in [0, 0.1) is 17.7 Å². The number of aliphatic hydroxyl groups is 2. The third-order valence-electron chi connectivity index (χ3n) is 5.02. The summed E-state index contributed by atoms with van der Waals surface area (Å²) < 4.78 is 21.1. The van der Waals surface area contributed by atoms with Crippen molar-refractivity contribution in [3.63, 3.8) is 0 Å². The van der Waals surface area contributed by atoms with Gasteiger partial charge in [0.05, 0.1) is 23.8 Å². The molecule has 0 amide bonds. The van der Waals surface area contributed by atoms with Crippen molar-refractivity contribution >= 4 is 22.7 Å². The van der Waals surface area contributed by atoms with Crippen LogP contribution in [0.3, 0.4) is 0 Å². The summed E-state index contributed by atoms with van der Waals surface area (Å²) >= 11 is 0. The predicted octanol–water partition coefficient (Wildman–Crippen LogP) is 1.77. The zero-order valence-corrected chi connectivity index (χ0v) is 16.5. The number of nitrogens with one attached hydrogen (secondary N) is 1. The van der Waals surface area contributed by atoms with Crippen molar-refractivity contribution in [1.29, 1.82) is 0 Å². The molecule has 1 aromatic carbocycles. The van der Waals surface area contributed by atoms with Crippen molar-refractivity contribution in [3.05, 3.63) is 72.8 Å². The van der Waals surface area contributed by atoms with Crippen LogP contribution in [0.15, 0.2) is 61.4 Å². The normalized spacial score (nSPS) is 22.5. The van der Waals surface area contributed by atoms with Crippen LogP contribution in [0.4, 0.5) is 15.9 Å². The number of imidazole rings is 1. The summed E-state index contributed by atoms with van der Waals surface area (Å²) in [5, 5.41) is 24.1. The van der Waals surface area contributed by atoms with Crippen molar-refractivity contribution in [3.8, 4) is 11.8 Å². The SMILES string of the molecule is O[C@@H]1[C@H](O)[C@@H](C#Cc2ccccc2F)O[C@H]1n1cnc2c(Nc3cccnc3)ncnc21. The topological polar surface area (TPSA) is 118 Å². The number of aliphatic hydroxyl groups excluding tert-OH is 2. The molecule has 32 heavy (non-hydrogen) atoms. The average Bonchev–Trinajstić information content (AvgIpc) is 3.36. The summed E-state index contributed by atoms with van der Waals surface area (Å²) in [6, 6.07) is 9.65. The first kappa shape index (κ1) is 20.0. The zero-order valence-electron chi connectivity index (χ0n) is 16.5. The fraction of sp³-hybridized carbons (Fsp3) is 0.182. The molecule has 0 spiro atoms. The Kier molecular flexibility index (Phi) is 5.20. The molecular formula is C22H17FN6O3. The number of pyridine rings is 1. The number of nitrogens with zero attached hydrogens (tertiary/aromatic N) is 5. The third kappa shape index (κ3) is 3.65. The molecular weight excluding hydrogens is 415 g/mol. The predicted molar refractivity (Wildman–Crippen MR) is 112 cm³/mol. The van der Waals surface area contributed by atoms with Crippen LogP contribution in [0.1, 0.15) is 11.8 Å². The standard InChI is InChI=1S/C22H17FN6O3/c23-15-6-2-1-4-13(15)7-8-16-18(30)19(31)22(32-16)29-12-27-17-20(25-11-26-21(17)29)28-14-5-3-9-24-10-14/h1-6,9-12,16,18-19,22,30-31H,(H,25,26,28)/t16-,18-,19-,22-/m1/s1. The summed E-state index contributed by atoms with van der Waals surface area (Å²) in [7, 11) is 0. The number of aromatic nitrogens is 5. The van der Waals surface area contributed by atoms with E-state index in [1.807, 2.05) is 6.07 Å². The monoisotopic (exact) mass is 432 g/mol. The molecule has 1 aliphatic rings. The zero-order chi connectivity index (χ0) is 22.1. The first-order chi connectivity index (χ1) is 15.6. The first-order valence-corrected chi connectivity index (χ1v) is 9.74. The number of rotatable bonds is 3. The van der Waals surface area contributed by atoms with Gasteiger partial charge in [-0.05, 0) is 24.3 Å². The molecule has 160 valence electrons. The lowest BCUT2D eigenvalue weighted by molar-refractivity contribution is -0.0230. The molecule has 0 saturated carbocycles. The molecule has 0 aliphatic carbocycles. The molecule has 10 heteroatoms. The van der Waals surface area contributed by atoms with Gasteiger partial charge in [0.25, 0.3) is 0 Å². The summed E-state index contributed by atoms with van der Waals surface area (Å²) in [6.45, 7) is 0. The molecule has 1 fully saturated rings. The summed E-state index contributed by atoms with van der Waals surface area (Å²) in [6.07, 6.45) is 1.49. The Morgan fingerprint density at radius 2 is 1.94 bits per heavy atom. The van der Waals surface area contributed by atoms with Gasteiger partial charge in [0.1, 0.15) is 30.5 Å². The molecule has 1 aliphatic heterocycles. The van der Waals surface area contributed by atoms with E-state index in [1.54, 1.807) is 30.6 Å². The van der Waals surface area contributed by atoms with Crippen molar-refractivity contribution < 1.29 is 19.3 Å². The minimum absolute atomic E-state index is 0.174. The van der Waals surface area contributed by atoms with Gasteiger partial charge >= 0.3 is 0 Å². The highest BCUT2D eigenvalue weighted by molar-refractivity contribution is 5.85. The van der Waals surface area contributed by atoms with Crippen molar-refractivity contribution in [2.75, 3.05) is 5.32 Å². The third-order valence-corrected chi connectivity index (χ3v) is 5.02. The smallest absolute Gasteiger partial charge is 0.167 e. The van der Waals surface area contributed by atoms with E-state index in [0.717, 1.165) is 5.69 Å². The number of hydrogen-bond donors (Lipinski definition) is 3. The minimum atomic E-state index is -1.30. The van der Waals surface area contributed by atoms with E-state index in [4.69, 9.17) is 4.74 Å². The Labute approximate surface area is 181 Å². The van der Waals surface area contributed by atoms with Crippen LogP contribution < -0.4 is 5.32 Å². The Morgan fingerprint density at radius 3 is 2.75 bits per heavy atom. The van der Waals surface area contributed by atoms with E-state index in [0.29, 0.717) is 17.0 Å². The Morgan fingerprint density at radius 1 is 1.06 bits per heavy atom. The minimum Gasteiger partial charge on any atom is -0.386 e. The lowest BCUT2D eigenvalue weighted by atomic mass is 10.1. The van der Waals surface area contributed by atoms with Crippen LogP contribution in [-0.4, -0.2) is 53.0 Å². The summed E-state index contributed by atoms with van der Waals surface area (Å²) in [4.78, 5) is 16.9. The molecule has 0 radical (unpaired) electrons. The van der Waals surface area contributed by atoms with Gasteiger partial charge in [-0.3, -0.25) is 9.55 Å². The largest absolute Gasteiger partial charge is 0.386 e. The number of hydrogen-bond acceptors (Lipinski definition) is 8. The Balaban J connectivity index is 1.43. The molecule has 4 aromatic rings. The fourth-order valence-corrected chi connectivity index (χ4v) is 3.42. The second kappa shape index (κ2) is 8.32. The summed E-state index contributed by atoms with van der Waals surface area (Å²) in [5.74, 6) is 5.33. The highest BCUT2D eigenvalue weighted by atomic mass is 19.1. The molecule has 0 bridgehead atoms. The van der Waals surface area contributed by atoms with Gasteiger partial charge in [-0.15, -0.1) is 0 Å². The van der Waals surface area contributed by atoms with E-state index in [9.17, 15) is 14.6 Å². The molecule has 9 nitrogen and oxygen atoms in total. The van der Waals surface area contributed by atoms with Gasteiger partial charge in [-0.25, -0.2) is 19.3 Å². The molecule has 4 heterocycles. The lowest BCUT2D eigenvalue weighted by Crippen LogP contribution is -2.30. The van der Waals surface area contributed by atoms with Crippen molar-refractivity contribution in [2.24, 2.45) is 0 Å². The van der Waals surface area contributed by atoms with Crippen LogP contribution in [0.25, 0.3) is 11.2 Å².